The second-order valence-corrected chi connectivity index (χ2v) is 5.93. The molecule has 4 nitrogen and oxygen atoms in total. The number of para-hydroxylation sites is 1. The van der Waals surface area contributed by atoms with Crippen molar-refractivity contribution in [1.29, 1.82) is 0 Å². The molecule has 0 aliphatic heterocycles. The average molecular weight is 300 g/mol. The predicted octanol–water partition coefficient (Wildman–Crippen LogP) is 4.09. The maximum absolute atomic E-state index is 4.78. The Morgan fingerprint density at radius 1 is 1.04 bits per heavy atom. The van der Waals surface area contributed by atoms with Gasteiger partial charge in [-0.1, -0.05) is 25.1 Å². The molecule has 5 rings (SSSR count). The molecule has 4 heteroatoms. The molecule has 0 spiro atoms. The summed E-state index contributed by atoms with van der Waals surface area (Å²) in [5, 5.41) is 2.55. The number of aryl methyl sites for hydroxylation is 2. The van der Waals surface area contributed by atoms with E-state index in [4.69, 9.17) is 4.98 Å². The third-order valence-corrected chi connectivity index (χ3v) is 4.74. The van der Waals surface area contributed by atoms with Crippen LogP contribution >= 0.6 is 0 Å². The minimum atomic E-state index is 0.931. The topological polar surface area (TPSA) is 35.1 Å². The first-order valence-corrected chi connectivity index (χ1v) is 7.91. The van der Waals surface area contributed by atoms with Crippen molar-refractivity contribution >= 4 is 38.6 Å². The van der Waals surface area contributed by atoms with Crippen LogP contribution in [0.5, 0.6) is 0 Å². The van der Waals surface area contributed by atoms with Crippen molar-refractivity contribution in [3.8, 4) is 0 Å². The first kappa shape index (κ1) is 12.6. The number of aromatic nitrogens is 4. The van der Waals surface area contributed by atoms with Gasteiger partial charge in [-0.25, -0.2) is 9.97 Å². The van der Waals surface area contributed by atoms with Gasteiger partial charge in [0.25, 0.3) is 0 Å². The third-order valence-electron chi connectivity index (χ3n) is 4.74. The van der Waals surface area contributed by atoms with Crippen LogP contribution in [0, 0.1) is 0 Å². The molecule has 0 atom stereocenters. The van der Waals surface area contributed by atoms with Crippen LogP contribution in [0.4, 0.5) is 0 Å². The molecule has 4 heterocycles. The van der Waals surface area contributed by atoms with Gasteiger partial charge in [-0.3, -0.25) is 4.40 Å². The van der Waals surface area contributed by atoms with Crippen LogP contribution in [-0.2, 0) is 13.5 Å². The Morgan fingerprint density at radius 3 is 2.78 bits per heavy atom. The van der Waals surface area contributed by atoms with Gasteiger partial charge >= 0.3 is 0 Å². The molecule has 23 heavy (non-hydrogen) atoms. The number of hydrogen-bond acceptors (Lipinski definition) is 2. The highest BCUT2D eigenvalue weighted by molar-refractivity contribution is 6.10. The monoisotopic (exact) mass is 300 g/mol. The Bertz CT molecular complexity index is 1210. The van der Waals surface area contributed by atoms with Crippen LogP contribution in [-0.4, -0.2) is 18.9 Å². The largest absolute Gasteiger partial charge is 0.342 e. The SMILES string of the molecule is CCc1c2c(cc3nc4cccnc4n13)c1ccccc1n2C. The van der Waals surface area contributed by atoms with E-state index in [-0.39, 0.29) is 0 Å². The summed E-state index contributed by atoms with van der Waals surface area (Å²) in [4.78, 5) is 9.34. The summed E-state index contributed by atoms with van der Waals surface area (Å²) in [6.07, 6.45) is 2.77. The van der Waals surface area contributed by atoms with Gasteiger partial charge in [-0.15, -0.1) is 0 Å². The lowest BCUT2D eigenvalue weighted by Gasteiger charge is -2.08. The van der Waals surface area contributed by atoms with E-state index >= 15 is 0 Å². The van der Waals surface area contributed by atoms with Gasteiger partial charge in [0.15, 0.2) is 5.65 Å². The zero-order valence-electron chi connectivity index (χ0n) is 13.1. The first-order chi connectivity index (χ1) is 11.3. The minimum absolute atomic E-state index is 0.931. The summed E-state index contributed by atoms with van der Waals surface area (Å²) in [5.41, 5.74) is 6.64. The molecular formula is C19H16N4. The maximum atomic E-state index is 4.78. The van der Waals surface area contributed by atoms with Crippen LogP contribution in [0.2, 0.25) is 0 Å². The van der Waals surface area contributed by atoms with Gasteiger partial charge in [0.1, 0.15) is 11.2 Å². The van der Waals surface area contributed by atoms with E-state index in [2.05, 4.69) is 58.3 Å². The molecule has 0 amide bonds. The lowest BCUT2D eigenvalue weighted by atomic mass is 10.1. The van der Waals surface area contributed by atoms with Gasteiger partial charge < -0.3 is 4.57 Å². The van der Waals surface area contributed by atoms with Crippen LogP contribution in [0.1, 0.15) is 12.6 Å². The minimum Gasteiger partial charge on any atom is -0.342 e. The van der Waals surface area contributed by atoms with E-state index in [0.717, 1.165) is 23.2 Å². The van der Waals surface area contributed by atoms with Crippen LogP contribution in [0.3, 0.4) is 0 Å². The van der Waals surface area contributed by atoms with E-state index in [1.807, 2.05) is 18.3 Å². The smallest absolute Gasteiger partial charge is 0.164 e. The normalized spacial score (nSPS) is 12.1. The summed E-state index contributed by atoms with van der Waals surface area (Å²) in [7, 11) is 2.14. The Balaban J connectivity index is 2.13. The number of hydrogen-bond donors (Lipinski definition) is 0. The maximum Gasteiger partial charge on any atom is 0.164 e. The summed E-state index contributed by atoms with van der Waals surface area (Å²) in [6, 6.07) is 14.7. The molecule has 5 aromatic rings. The van der Waals surface area contributed by atoms with E-state index in [0.29, 0.717) is 0 Å². The predicted molar refractivity (Wildman–Crippen MR) is 93.9 cm³/mol. The number of benzene rings is 1. The summed E-state index contributed by atoms with van der Waals surface area (Å²) in [5.74, 6) is 0. The van der Waals surface area contributed by atoms with Gasteiger partial charge in [-0.05, 0) is 30.7 Å². The van der Waals surface area contributed by atoms with Gasteiger partial charge in [0.05, 0.1) is 11.2 Å². The Morgan fingerprint density at radius 2 is 1.91 bits per heavy atom. The Hall–Kier alpha value is -2.88. The average Bonchev–Trinajstić information content (AvgIpc) is 3.10. The third kappa shape index (κ3) is 1.50. The fourth-order valence-electron chi connectivity index (χ4n) is 3.77. The standard InChI is InChI=1S/C19H16N4/c1-3-15-18-13(12-7-4-5-9-16(12)22(18)2)11-17-21-14-8-6-10-20-19(14)23(15)17/h4-11H,3H2,1-2H3. The molecule has 4 aromatic heterocycles. The van der Waals surface area contributed by atoms with Gasteiger partial charge in [0, 0.05) is 29.5 Å². The molecule has 0 radical (unpaired) electrons. The number of rotatable bonds is 1. The summed E-state index contributed by atoms with van der Waals surface area (Å²) < 4.78 is 4.49. The molecule has 0 bridgehead atoms. The number of pyridine rings is 2. The van der Waals surface area contributed by atoms with E-state index < -0.39 is 0 Å². The highest BCUT2D eigenvalue weighted by atomic mass is 15.1. The number of nitrogens with zero attached hydrogens (tertiary/aromatic N) is 4. The highest BCUT2D eigenvalue weighted by Crippen LogP contribution is 2.33. The lowest BCUT2D eigenvalue weighted by Crippen LogP contribution is -2.01. The van der Waals surface area contributed by atoms with Crippen molar-refractivity contribution < 1.29 is 0 Å². The van der Waals surface area contributed by atoms with Crippen molar-refractivity contribution in [2.45, 2.75) is 13.3 Å². The molecule has 0 saturated heterocycles. The van der Waals surface area contributed by atoms with Crippen molar-refractivity contribution in [3.05, 3.63) is 54.4 Å². The first-order valence-electron chi connectivity index (χ1n) is 7.91. The molecule has 0 unspecified atom stereocenters. The molecule has 0 aliphatic rings. The van der Waals surface area contributed by atoms with Crippen LogP contribution in [0.25, 0.3) is 38.6 Å². The molecule has 0 saturated carbocycles. The Labute approximate surface area is 133 Å². The van der Waals surface area contributed by atoms with E-state index in [1.54, 1.807) is 0 Å². The molecule has 1 aromatic carbocycles. The molecule has 0 fully saturated rings. The zero-order valence-corrected chi connectivity index (χ0v) is 13.1. The quantitative estimate of drug-likeness (QED) is 0.467. The van der Waals surface area contributed by atoms with Crippen molar-refractivity contribution in [1.82, 2.24) is 18.9 Å². The molecule has 0 aliphatic carbocycles. The van der Waals surface area contributed by atoms with Gasteiger partial charge in [0.2, 0.25) is 0 Å². The number of fused-ring (bicyclic) bond motifs is 6. The fourth-order valence-corrected chi connectivity index (χ4v) is 3.77. The summed E-state index contributed by atoms with van der Waals surface area (Å²) in [6.45, 7) is 2.20. The molecular weight excluding hydrogens is 284 g/mol. The Kier molecular flexibility index (Phi) is 2.37. The highest BCUT2D eigenvalue weighted by Gasteiger charge is 2.17. The second kappa shape index (κ2) is 4.32. The van der Waals surface area contributed by atoms with Crippen molar-refractivity contribution in [2.24, 2.45) is 7.05 Å². The molecule has 112 valence electrons. The van der Waals surface area contributed by atoms with E-state index in [1.165, 1.54) is 27.5 Å². The second-order valence-electron chi connectivity index (χ2n) is 5.93. The van der Waals surface area contributed by atoms with Gasteiger partial charge in [-0.2, -0.15) is 0 Å². The number of imidazole rings is 1. The van der Waals surface area contributed by atoms with Crippen molar-refractivity contribution in [3.63, 3.8) is 0 Å². The van der Waals surface area contributed by atoms with Crippen LogP contribution in [0.15, 0.2) is 48.7 Å². The lowest BCUT2D eigenvalue weighted by molar-refractivity contribution is 0.948. The zero-order chi connectivity index (χ0) is 15.6. The fraction of sp³-hybridized carbons (Fsp3) is 0.158. The van der Waals surface area contributed by atoms with E-state index in [9.17, 15) is 0 Å². The summed E-state index contributed by atoms with van der Waals surface area (Å²) >= 11 is 0. The molecule has 0 N–H and O–H groups in total. The van der Waals surface area contributed by atoms with Crippen molar-refractivity contribution in [2.75, 3.05) is 0 Å². The van der Waals surface area contributed by atoms with Crippen LogP contribution < -0.4 is 0 Å².